The Morgan fingerprint density at radius 2 is 1.72 bits per heavy atom. The van der Waals surface area contributed by atoms with Gasteiger partial charge in [-0.3, -0.25) is 4.57 Å². The van der Waals surface area contributed by atoms with Crippen LogP contribution in [0, 0.1) is 0 Å². The number of anilines is 1. The Hall–Kier alpha value is -1.63. The third-order valence-corrected chi connectivity index (χ3v) is 6.67. The fourth-order valence-corrected chi connectivity index (χ4v) is 4.90. The molecule has 0 fully saturated rings. The van der Waals surface area contributed by atoms with E-state index < -0.39 is 7.60 Å². The zero-order chi connectivity index (χ0) is 21.3. The maximum absolute atomic E-state index is 13.1. The van der Waals surface area contributed by atoms with Crippen LogP contribution in [0.1, 0.15) is 19.4 Å². The third kappa shape index (κ3) is 6.98. The van der Waals surface area contributed by atoms with Gasteiger partial charge < -0.3 is 24.0 Å². The van der Waals surface area contributed by atoms with Crippen molar-refractivity contribution >= 4 is 42.2 Å². The summed E-state index contributed by atoms with van der Waals surface area (Å²) in [5.74, 6) is 0.644. The van der Waals surface area contributed by atoms with Crippen LogP contribution in [0.5, 0.6) is 5.75 Å². The summed E-state index contributed by atoms with van der Waals surface area (Å²) in [7, 11) is -1.79. The van der Waals surface area contributed by atoms with Gasteiger partial charge in [0.05, 0.1) is 26.0 Å². The Bertz CT molecular complexity index is 858. The molecule has 2 aromatic rings. The minimum absolute atomic E-state index is 0.0130. The van der Waals surface area contributed by atoms with Crippen LogP contribution in [0.15, 0.2) is 48.5 Å². The number of hydrogen-bond acceptors (Lipinski definition) is 5. The molecule has 0 aromatic heterocycles. The van der Waals surface area contributed by atoms with E-state index in [2.05, 4.69) is 5.32 Å². The SMILES string of the molecule is CCOP(=O)(CN(Cc1ccccc1Cl)C(=S)Nc1ccccc1OC)OCC. The lowest BCUT2D eigenvalue weighted by molar-refractivity contribution is 0.209. The van der Waals surface area contributed by atoms with E-state index in [1.165, 1.54) is 0 Å². The van der Waals surface area contributed by atoms with E-state index in [0.29, 0.717) is 28.1 Å². The molecule has 0 spiro atoms. The number of benzene rings is 2. The molecule has 0 aliphatic heterocycles. The molecule has 29 heavy (non-hydrogen) atoms. The molecule has 158 valence electrons. The molecule has 0 atom stereocenters. The molecular formula is C20H26ClN2O4PS. The first-order valence-corrected chi connectivity index (χ1v) is 11.7. The molecule has 9 heteroatoms. The zero-order valence-electron chi connectivity index (χ0n) is 16.8. The number of methoxy groups -OCH3 is 1. The second kappa shape index (κ2) is 11.5. The number of nitrogens with zero attached hydrogens (tertiary/aromatic N) is 1. The number of halogens is 1. The van der Waals surface area contributed by atoms with Crippen LogP contribution in [0.25, 0.3) is 0 Å². The standard InChI is InChI=1S/C20H26ClN2O4PS/c1-4-26-28(24,27-5-2)15-23(14-16-10-6-7-11-17(16)21)20(29)22-18-12-8-9-13-19(18)25-3/h6-13H,4-5,14-15H2,1-3H3,(H,22,29). The lowest BCUT2D eigenvalue weighted by atomic mass is 10.2. The average Bonchev–Trinajstić information content (AvgIpc) is 2.70. The molecule has 6 nitrogen and oxygen atoms in total. The Kier molecular flexibility index (Phi) is 9.40. The number of hydrogen-bond donors (Lipinski definition) is 1. The molecule has 0 aliphatic carbocycles. The van der Waals surface area contributed by atoms with Gasteiger partial charge in [-0.05, 0) is 49.8 Å². The quantitative estimate of drug-likeness (QED) is 0.359. The summed E-state index contributed by atoms with van der Waals surface area (Å²) in [5, 5.41) is 4.12. The van der Waals surface area contributed by atoms with E-state index in [1.54, 1.807) is 31.9 Å². The van der Waals surface area contributed by atoms with Gasteiger partial charge in [0.1, 0.15) is 12.0 Å². The van der Waals surface area contributed by atoms with Crippen molar-refractivity contribution in [1.82, 2.24) is 4.90 Å². The lowest BCUT2D eigenvalue weighted by Crippen LogP contribution is -2.35. The van der Waals surface area contributed by atoms with Crippen molar-refractivity contribution < 1.29 is 18.3 Å². The predicted molar refractivity (Wildman–Crippen MR) is 122 cm³/mol. The van der Waals surface area contributed by atoms with Gasteiger partial charge in [0.2, 0.25) is 0 Å². The summed E-state index contributed by atoms with van der Waals surface area (Å²) < 4.78 is 29.4. The molecular weight excluding hydrogens is 431 g/mol. The fourth-order valence-electron chi connectivity index (χ4n) is 2.68. The van der Waals surface area contributed by atoms with Gasteiger partial charge >= 0.3 is 7.60 Å². The van der Waals surface area contributed by atoms with Gasteiger partial charge in [-0.2, -0.15) is 0 Å². The highest BCUT2D eigenvalue weighted by Crippen LogP contribution is 2.49. The molecule has 2 aromatic carbocycles. The Morgan fingerprint density at radius 3 is 2.34 bits per heavy atom. The summed E-state index contributed by atoms with van der Waals surface area (Å²) in [6.07, 6.45) is -0.0130. The summed E-state index contributed by atoms with van der Waals surface area (Å²) in [6.45, 7) is 4.42. The minimum atomic E-state index is -3.38. The van der Waals surface area contributed by atoms with Crippen LogP contribution >= 0.6 is 31.4 Å². The van der Waals surface area contributed by atoms with Crippen LogP contribution in [0.3, 0.4) is 0 Å². The predicted octanol–water partition coefficient (Wildman–Crippen LogP) is 5.77. The summed E-state index contributed by atoms with van der Waals surface area (Å²) in [4.78, 5) is 1.73. The van der Waals surface area contributed by atoms with Crippen molar-refractivity contribution in [3.8, 4) is 5.75 Å². The second-order valence-electron chi connectivity index (χ2n) is 6.01. The van der Waals surface area contributed by atoms with Gasteiger partial charge in [0.25, 0.3) is 0 Å². The molecule has 0 saturated heterocycles. The summed E-state index contributed by atoms with van der Waals surface area (Å²) in [5.41, 5.74) is 1.55. The van der Waals surface area contributed by atoms with Crippen molar-refractivity contribution in [3.63, 3.8) is 0 Å². The smallest absolute Gasteiger partial charge is 0.349 e. The highest BCUT2D eigenvalue weighted by Gasteiger charge is 2.29. The van der Waals surface area contributed by atoms with Gasteiger partial charge in [0.15, 0.2) is 5.11 Å². The van der Waals surface area contributed by atoms with Crippen molar-refractivity contribution in [1.29, 1.82) is 0 Å². The van der Waals surface area contributed by atoms with E-state index >= 15 is 0 Å². The minimum Gasteiger partial charge on any atom is -0.495 e. The zero-order valence-corrected chi connectivity index (χ0v) is 19.2. The first kappa shape index (κ1) is 23.6. The average molecular weight is 457 g/mol. The first-order chi connectivity index (χ1) is 13.9. The van der Waals surface area contributed by atoms with Gasteiger partial charge in [-0.1, -0.05) is 41.9 Å². The van der Waals surface area contributed by atoms with Crippen molar-refractivity contribution in [2.75, 3.05) is 31.9 Å². The maximum atomic E-state index is 13.1. The molecule has 0 aliphatic rings. The fraction of sp³-hybridized carbons (Fsp3) is 0.350. The van der Waals surface area contributed by atoms with E-state index in [-0.39, 0.29) is 19.5 Å². The molecule has 0 heterocycles. The summed E-state index contributed by atoms with van der Waals surface area (Å²) in [6, 6.07) is 14.9. The normalized spacial score (nSPS) is 11.2. The molecule has 2 rings (SSSR count). The van der Waals surface area contributed by atoms with Crippen LogP contribution in [-0.2, 0) is 20.2 Å². The monoisotopic (exact) mass is 456 g/mol. The summed E-state index contributed by atoms with van der Waals surface area (Å²) >= 11 is 12.0. The number of ether oxygens (including phenoxy) is 1. The van der Waals surface area contributed by atoms with Crippen LogP contribution in [-0.4, -0.2) is 36.6 Å². The van der Waals surface area contributed by atoms with Crippen molar-refractivity contribution in [2.45, 2.75) is 20.4 Å². The third-order valence-electron chi connectivity index (χ3n) is 3.95. The number of thiocarbonyl (C=S) groups is 1. The van der Waals surface area contributed by atoms with Crippen molar-refractivity contribution in [2.24, 2.45) is 0 Å². The number of rotatable bonds is 10. The number of para-hydroxylation sites is 2. The molecule has 0 bridgehead atoms. The van der Waals surface area contributed by atoms with E-state index in [1.807, 2.05) is 42.5 Å². The second-order valence-corrected chi connectivity index (χ2v) is 8.82. The van der Waals surface area contributed by atoms with Crippen molar-refractivity contribution in [3.05, 3.63) is 59.1 Å². The molecule has 1 N–H and O–H groups in total. The van der Waals surface area contributed by atoms with E-state index in [9.17, 15) is 4.57 Å². The van der Waals surface area contributed by atoms with E-state index in [0.717, 1.165) is 5.56 Å². The molecule has 0 amide bonds. The Balaban J connectivity index is 2.31. The Morgan fingerprint density at radius 1 is 1.10 bits per heavy atom. The largest absolute Gasteiger partial charge is 0.495 e. The molecule has 0 radical (unpaired) electrons. The van der Waals surface area contributed by atoms with Crippen LogP contribution in [0.4, 0.5) is 5.69 Å². The first-order valence-electron chi connectivity index (χ1n) is 9.23. The molecule has 0 saturated carbocycles. The highest BCUT2D eigenvalue weighted by molar-refractivity contribution is 7.80. The Labute approximate surface area is 182 Å². The van der Waals surface area contributed by atoms with Gasteiger partial charge in [0, 0.05) is 11.6 Å². The van der Waals surface area contributed by atoms with Gasteiger partial charge in [-0.25, -0.2) is 0 Å². The van der Waals surface area contributed by atoms with Crippen LogP contribution in [0.2, 0.25) is 5.02 Å². The van der Waals surface area contributed by atoms with E-state index in [4.69, 9.17) is 37.6 Å². The van der Waals surface area contributed by atoms with Gasteiger partial charge in [-0.15, -0.1) is 0 Å². The highest BCUT2D eigenvalue weighted by atomic mass is 35.5. The topological polar surface area (TPSA) is 60.0 Å². The lowest BCUT2D eigenvalue weighted by Gasteiger charge is -2.29. The van der Waals surface area contributed by atoms with Crippen LogP contribution < -0.4 is 10.1 Å². The maximum Gasteiger partial charge on any atom is 0.349 e. The number of nitrogens with one attached hydrogen (secondary N) is 1. The molecule has 0 unspecified atom stereocenters.